The summed E-state index contributed by atoms with van der Waals surface area (Å²) in [5.41, 5.74) is 3.80. The minimum atomic E-state index is 0.274. The largest absolute Gasteiger partial charge is 0.415 e. The number of rotatable bonds is 4. The van der Waals surface area contributed by atoms with E-state index in [1.54, 1.807) is 17.0 Å². The van der Waals surface area contributed by atoms with E-state index in [0.717, 1.165) is 22.4 Å². The third-order valence-electron chi connectivity index (χ3n) is 3.81. The SMILES string of the molecule is Cc1cccc(-c2nnc(/C(Cl)=C/c3cnn(-c4ccccc4)c3)o2)c1. The van der Waals surface area contributed by atoms with Crippen molar-refractivity contribution in [3.63, 3.8) is 0 Å². The maximum absolute atomic E-state index is 6.36. The Hall–Kier alpha value is -3.18. The zero-order chi connectivity index (χ0) is 17.9. The Morgan fingerprint density at radius 3 is 2.73 bits per heavy atom. The second kappa shape index (κ2) is 6.98. The molecule has 0 unspecified atom stereocenters. The van der Waals surface area contributed by atoms with Gasteiger partial charge < -0.3 is 4.42 Å². The Morgan fingerprint density at radius 1 is 1.08 bits per heavy atom. The van der Waals surface area contributed by atoms with Crippen molar-refractivity contribution in [1.29, 1.82) is 0 Å². The molecule has 0 bridgehead atoms. The van der Waals surface area contributed by atoms with Gasteiger partial charge in [0.1, 0.15) is 5.03 Å². The van der Waals surface area contributed by atoms with Gasteiger partial charge >= 0.3 is 0 Å². The quantitative estimate of drug-likeness (QED) is 0.514. The smallest absolute Gasteiger partial charge is 0.259 e. The van der Waals surface area contributed by atoms with Gasteiger partial charge in [-0.05, 0) is 37.3 Å². The van der Waals surface area contributed by atoms with Crippen molar-refractivity contribution in [3.8, 4) is 17.1 Å². The molecular formula is C20H15ClN4O. The monoisotopic (exact) mass is 362 g/mol. The fraction of sp³-hybridized carbons (Fsp3) is 0.0500. The Morgan fingerprint density at radius 2 is 1.92 bits per heavy atom. The fourth-order valence-corrected chi connectivity index (χ4v) is 2.76. The second-order valence-corrected chi connectivity index (χ2v) is 6.24. The molecule has 0 saturated carbocycles. The molecule has 0 fully saturated rings. The van der Waals surface area contributed by atoms with Crippen LogP contribution in [0.3, 0.4) is 0 Å². The number of hydrogen-bond acceptors (Lipinski definition) is 4. The van der Waals surface area contributed by atoms with E-state index in [2.05, 4.69) is 15.3 Å². The van der Waals surface area contributed by atoms with Gasteiger partial charge in [0.25, 0.3) is 5.89 Å². The summed E-state index contributed by atoms with van der Waals surface area (Å²) in [6.45, 7) is 2.01. The van der Waals surface area contributed by atoms with E-state index in [0.29, 0.717) is 10.9 Å². The molecule has 0 saturated heterocycles. The molecule has 0 spiro atoms. The van der Waals surface area contributed by atoms with E-state index in [1.165, 1.54) is 0 Å². The third-order valence-corrected chi connectivity index (χ3v) is 4.08. The number of aromatic nitrogens is 4. The number of para-hydroxylation sites is 1. The highest BCUT2D eigenvalue weighted by Gasteiger charge is 2.12. The molecule has 0 aliphatic carbocycles. The van der Waals surface area contributed by atoms with Crippen LogP contribution in [0.1, 0.15) is 17.0 Å². The van der Waals surface area contributed by atoms with Gasteiger partial charge in [0.2, 0.25) is 5.89 Å². The Bertz CT molecular complexity index is 1070. The molecule has 26 heavy (non-hydrogen) atoms. The third kappa shape index (κ3) is 3.43. The number of nitrogens with zero attached hydrogens (tertiary/aromatic N) is 4. The molecule has 2 heterocycles. The molecule has 128 valence electrons. The van der Waals surface area contributed by atoms with E-state index >= 15 is 0 Å². The molecule has 4 rings (SSSR count). The van der Waals surface area contributed by atoms with E-state index in [9.17, 15) is 0 Å². The predicted molar refractivity (Wildman–Crippen MR) is 102 cm³/mol. The molecule has 2 aromatic carbocycles. The summed E-state index contributed by atoms with van der Waals surface area (Å²) in [6.07, 6.45) is 5.37. The first kappa shape index (κ1) is 16.3. The summed E-state index contributed by atoms with van der Waals surface area (Å²) in [5.74, 6) is 0.714. The van der Waals surface area contributed by atoms with Crippen LogP contribution in [0.4, 0.5) is 0 Å². The lowest BCUT2D eigenvalue weighted by molar-refractivity contribution is 0.556. The molecule has 0 atom stereocenters. The highest BCUT2D eigenvalue weighted by atomic mass is 35.5. The first-order valence-electron chi connectivity index (χ1n) is 8.07. The lowest BCUT2D eigenvalue weighted by Gasteiger charge is -1.98. The molecular weight excluding hydrogens is 348 g/mol. The minimum absolute atomic E-state index is 0.274. The van der Waals surface area contributed by atoms with Crippen molar-refractivity contribution in [1.82, 2.24) is 20.0 Å². The fourth-order valence-electron chi connectivity index (χ4n) is 2.56. The van der Waals surface area contributed by atoms with Crippen molar-refractivity contribution in [2.75, 3.05) is 0 Å². The Kier molecular flexibility index (Phi) is 4.37. The van der Waals surface area contributed by atoms with Crippen molar-refractivity contribution in [2.24, 2.45) is 0 Å². The van der Waals surface area contributed by atoms with Crippen LogP contribution < -0.4 is 0 Å². The summed E-state index contributed by atoms with van der Waals surface area (Å²) in [5, 5.41) is 12.8. The van der Waals surface area contributed by atoms with Gasteiger partial charge in [-0.25, -0.2) is 4.68 Å². The molecule has 0 aliphatic rings. The molecule has 2 aromatic heterocycles. The standard InChI is InChI=1S/C20H15ClN4O/c1-14-6-5-7-16(10-14)19-23-24-20(26-19)18(21)11-15-12-22-25(13-15)17-8-3-2-4-9-17/h2-13H,1H3/b18-11-. The van der Waals surface area contributed by atoms with Gasteiger partial charge in [-0.15, -0.1) is 10.2 Å². The summed E-state index contributed by atoms with van der Waals surface area (Å²) in [6, 6.07) is 17.7. The maximum Gasteiger partial charge on any atom is 0.259 e. The van der Waals surface area contributed by atoms with Gasteiger partial charge in [-0.3, -0.25) is 0 Å². The zero-order valence-corrected chi connectivity index (χ0v) is 14.8. The van der Waals surface area contributed by atoms with Crippen molar-refractivity contribution >= 4 is 22.7 Å². The summed E-state index contributed by atoms with van der Waals surface area (Å²) in [7, 11) is 0. The normalized spacial score (nSPS) is 11.7. The van der Waals surface area contributed by atoms with Crippen molar-refractivity contribution in [3.05, 3.63) is 84.0 Å². The highest BCUT2D eigenvalue weighted by molar-refractivity contribution is 6.50. The lowest BCUT2D eigenvalue weighted by Crippen LogP contribution is -1.92. The predicted octanol–water partition coefficient (Wildman–Crippen LogP) is 4.97. The van der Waals surface area contributed by atoms with Crippen LogP contribution in [0.15, 0.2) is 71.4 Å². The summed E-state index contributed by atoms with van der Waals surface area (Å²) in [4.78, 5) is 0. The average Bonchev–Trinajstić information content (AvgIpc) is 3.32. The number of aryl methyl sites for hydroxylation is 1. The van der Waals surface area contributed by atoms with Crippen LogP contribution in [-0.2, 0) is 0 Å². The topological polar surface area (TPSA) is 56.7 Å². The average molecular weight is 363 g/mol. The van der Waals surface area contributed by atoms with E-state index < -0.39 is 0 Å². The van der Waals surface area contributed by atoms with E-state index in [-0.39, 0.29) is 5.89 Å². The number of benzene rings is 2. The van der Waals surface area contributed by atoms with Gasteiger partial charge in [-0.1, -0.05) is 47.5 Å². The number of hydrogen-bond donors (Lipinski definition) is 0. The summed E-state index contributed by atoms with van der Waals surface area (Å²) < 4.78 is 7.48. The second-order valence-electron chi connectivity index (χ2n) is 5.83. The van der Waals surface area contributed by atoms with Gasteiger partial charge in [0.15, 0.2) is 0 Å². The molecule has 0 aliphatic heterocycles. The van der Waals surface area contributed by atoms with Crippen LogP contribution >= 0.6 is 11.6 Å². The zero-order valence-electron chi connectivity index (χ0n) is 14.0. The maximum atomic E-state index is 6.36. The van der Waals surface area contributed by atoms with Crippen LogP contribution in [0.2, 0.25) is 0 Å². The molecule has 0 radical (unpaired) electrons. The molecule has 4 aromatic rings. The Labute approximate surface area is 155 Å². The first-order chi connectivity index (χ1) is 12.7. The van der Waals surface area contributed by atoms with Crippen molar-refractivity contribution in [2.45, 2.75) is 6.92 Å². The van der Waals surface area contributed by atoms with Crippen LogP contribution in [0, 0.1) is 6.92 Å². The van der Waals surface area contributed by atoms with Crippen LogP contribution in [0.5, 0.6) is 0 Å². The van der Waals surface area contributed by atoms with E-state index in [1.807, 2.05) is 67.7 Å². The summed E-state index contributed by atoms with van der Waals surface area (Å²) >= 11 is 6.36. The van der Waals surface area contributed by atoms with E-state index in [4.69, 9.17) is 16.0 Å². The van der Waals surface area contributed by atoms with Crippen LogP contribution in [0.25, 0.3) is 28.2 Å². The molecule has 5 nitrogen and oxygen atoms in total. The lowest BCUT2D eigenvalue weighted by atomic mass is 10.1. The Balaban J connectivity index is 1.58. The molecule has 6 heteroatoms. The van der Waals surface area contributed by atoms with Gasteiger partial charge in [-0.2, -0.15) is 5.10 Å². The first-order valence-corrected chi connectivity index (χ1v) is 8.45. The molecule has 0 N–H and O–H groups in total. The minimum Gasteiger partial charge on any atom is -0.415 e. The van der Waals surface area contributed by atoms with Gasteiger partial charge in [0.05, 0.1) is 11.9 Å². The van der Waals surface area contributed by atoms with Crippen LogP contribution in [-0.4, -0.2) is 20.0 Å². The molecule has 0 amide bonds. The van der Waals surface area contributed by atoms with Crippen molar-refractivity contribution < 1.29 is 4.42 Å². The highest BCUT2D eigenvalue weighted by Crippen LogP contribution is 2.25. The van der Waals surface area contributed by atoms with Gasteiger partial charge in [0, 0.05) is 17.3 Å². The number of halogens is 1.